The van der Waals surface area contributed by atoms with E-state index in [2.05, 4.69) is 35.4 Å². The van der Waals surface area contributed by atoms with Crippen molar-refractivity contribution in [3.05, 3.63) is 77.9 Å². The Bertz CT molecular complexity index is 1430. The molecule has 1 aromatic carbocycles. The molecule has 0 bridgehead atoms. The van der Waals surface area contributed by atoms with Gasteiger partial charge in [-0.1, -0.05) is 41.6 Å². The fraction of sp³-hybridized carbons (Fsp3) is 0.0870. The van der Waals surface area contributed by atoms with Crippen LogP contribution < -0.4 is 5.32 Å². The molecule has 1 N–H and O–H groups in total. The molecule has 1 amide bonds. The predicted octanol–water partition coefficient (Wildman–Crippen LogP) is 4.01. The summed E-state index contributed by atoms with van der Waals surface area (Å²) in [7, 11) is 0. The Hall–Kier alpha value is -4.53. The summed E-state index contributed by atoms with van der Waals surface area (Å²) in [5, 5.41) is 7.29. The first-order valence-corrected chi connectivity index (χ1v) is 9.86. The van der Waals surface area contributed by atoms with Crippen molar-refractivity contribution in [3.8, 4) is 22.8 Å². The van der Waals surface area contributed by atoms with E-state index in [-0.39, 0.29) is 11.7 Å². The van der Waals surface area contributed by atoms with Crippen LogP contribution in [0.2, 0.25) is 0 Å². The zero-order valence-electron chi connectivity index (χ0n) is 17.3. The van der Waals surface area contributed by atoms with Crippen molar-refractivity contribution in [3.63, 3.8) is 0 Å². The van der Waals surface area contributed by atoms with Crippen molar-refractivity contribution in [2.24, 2.45) is 0 Å². The topological polar surface area (TPSA) is 120 Å². The van der Waals surface area contributed by atoms with Crippen LogP contribution >= 0.6 is 0 Å². The van der Waals surface area contributed by atoms with E-state index in [0.29, 0.717) is 39.7 Å². The van der Waals surface area contributed by atoms with E-state index < -0.39 is 5.91 Å². The highest BCUT2D eigenvalue weighted by Gasteiger charge is 2.20. The number of nitrogens with one attached hydrogen (secondary N) is 1. The molecule has 4 heterocycles. The molecule has 0 aliphatic carbocycles. The number of benzene rings is 1. The average Bonchev–Trinajstić information content (AvgIpc) is 3.20. The Labute approximate surface area is 182 Å². The molecule has 156 valence electrons. The number of pyridine rings is 2. The molecule has 9 heteroatoms. The molecule has 4 aromatic heterocycles. The second-order valence-electron chi connectivity index (χ2n) is 7.07. The maximum absolute atomic E-state index is 13.3. The lowest BCUT2D eigenvalue weighted by Crippen LogP contribution is -2.16. The zero-order chi connectivity index (χ0) is 22.1. The third-order valence-corrected chi connectivity index (χ3v) is 4.80. The summed E-state index contributed by atoms with van der Waals surface area (Å²) in [5.74, 6) is 0.559. The monoisotopic (exact) mass is 423 g/mol. The average molecular weight is 423 g/mol. The molecule has 0 fully saturated rings. The molecule has 9 nitrogen and oxygen atoms in total. The number of carbonyl (C=O) groups excluding carboxylic acids is 1. The smallest absolute Gasteiger partial charge is 0.259 e. The van der Waals surface area contributed by atoms with Crippen molar-refractivity contribution in [1.29, 1.82) is 0 Å². The molecule has 0 aliphatic heterocycles. The van der Waals surface area contributed by atoms with Crippen LogP contribution in [-0.2, 0) is 0 Å². The number of nitrogens with zero attached hydrogens (tertiary/aromatic N) is 6. The summed E-state index contributed by atoms with van der Waals surface area (Å²) in [5.41, 5.74) is 3.26. The molecule has 32 heavy (non-hydrogen) atoms. The molecule has 0 saturated carbocycles. The lowest BCUT2D eigenvalue weighted by atomic mass is 10.1. The summed E-state index contributed by atoms with van der Waals surface area (Å²) in [4.78, 5) is 35.0. The van der Waals surface area contributed by atoms with Crippen LogP contribution in [0.3, 0.4) is 0 Å². The van der Waals surface area contributed by atoms with Gasteiger partial charge in [-0.2, -0.15) is 9.97 Å². The van der Waals surface area contributed by atoms with Crippen molar-refractivity contribution in [2.75, 3.05) is 5.32 Å². The standard InChI is InChI=1S/C23H17N7O2/c1-13-19-16(12-18(27-22(19)32-30-13)15-8-4-3-5-9-15)21(31)29-23-26-14(2)25-20(28-23)17-10-6-7-11-24-17/h3-12H,1-2H3,(H,25,26,28,29,31). The second kappa shape index (κ2) is 7.95. The minimum absolute atomic E-state index is 0.128. The number of aromatic nitrogens is 6. The predicted molar refractivity (Wildman–Crippen MR) is 118 cm³/mol. The van der Waals surface area contributed by atoms with Gasteiger partial charge in [-0.05, 0) is 32.0 Å². The molecule has 5 rings (SSSR count). The van der Waals surface area contributed by atoms with E-state index in [0.717, 1.165) is 5.56 Å². The van der Waals surface area contributed by atoms with Gasteiger partial charge in [0, 0.05) is 11.8 Å². The Morgan fingerprint density at radius 2 is 1.72 bits per heavy atom. The first kappa shape index (κ1) is 19.4. The van der Waals surface area contributed by atoms with Gasteiger partial charge >= 0.3 is 0 Å². The van der Waals surface area contributed by atoms with E-state index in [1.807, 2.05) is 36.4 Å². The molecule has 0 unspecified atom stereocenters. The molecule has 0 spiro atoms. The van der Waals surface area contributed by atoms with Gasteiger partial charge in [-0.25, -0.2) is 9.97 Å². The van der Waals surface area contributed by atoms with Gasteiger partial charge in [0.2, 0.25) is 5.95 Å². The number of rotatable bonds is 4. The van der Waals surface area contributed by atoms with Crippen LogP contribution in [0.15, 0.2) is 65.3 Å². The van der Waals surface area contributed by atoms with E-state index in [1.54, 1.807) is 38.2 Å². The second-order valence-corrected chi connectivity index (χ2v) is 7.07. The Morgan fingerprint density at radius 1 is 0.906 bits per heavy atom. The Balaban J connectivity index is 1.56. The highest BCUT2D eigenvalue weighted by molar-refractivity contribution is 6.12. The van der Waals surface area contributed by atoms with Crippen LogP contribution in [0.25, 0.3) is 33.9 Å². The summed E-state index contributed by atoms with van der Waals surface area (Å²) in [6.07, 6.45) is 1.65. The van der Waals surface area contributed by atoms with Gasteiger partial charge in [-0.15, -0.1) is 0 Å². The minimum Gasteiger partial charge on any atom is -0.335 e. The number of hydrogen-bond acceptors (Lipinski definition) is 8. The number of hydrogen-bond donors (Lipinski definition) is 1. The van der Waals surface area contributed by atoms with Gasteiger partial charge < -0.3 is 4.52 Å². The van der Waals surface area contributed by atoms with E-state index in [4.69, 9.17) is 4.52 Å². The molecule has 0 aliphatic rings. The lowest BCUT2D eigenvalue weighted by molar-refractivity contribution is 0.102. The van der Waals surface area contributed by atoms with Crippen molar-refractivity contribution in [1.82, 2.24) is 30.1 Å². The van der Waals surface area contributed by atoms with Gasteiger partial charge in [-0.3, -0.25) is 15.1 Å². The van der Waals surface area contributed by atoms with Gasteiger partial charge in [0.25, 0.3) is 11.6 Å². The van der Waals surface area contributed by atoms with E-state index in [1.165, 1.54) is 0 Å². The highest BCUT2D eigenvalue weighted by Crippen LogP contribution is 2.27. The van der Waals surface area contributed by atoms with Crippen LogP contribution in [0.4, 0.5) is 5.95 Å². The highest BCUT2D eigenvalue weighted by atomic mass is 16.5. The summed E-state index contributed by atoms with van der Waals surface area (Å²) in [6.45, 7) is 3.49. The van der Waals surface area contributed by atoms with Crippen LogP contribution in [0.1, 0.15) is 21.9 Å². The van der Waals surface area contributed by atoms with Crippen molar-refractivity contribution < 1.29 is 9.32 Å². The number of amides is 1. The first-order valence-electron chi connectivity index (χ1n) is 9.86. The van der Waals surface area contributed by atoms with Gasteiger partial charge in [0.1, 0.15) is 11.5 Å². The largest absolute Gasteiger partial charge is 0.335 e. The van der Waals surface area contributed by atoms with E-state index >= 15 is 0 Å². The summed E-state index contributed by atoms with van der Waals surface area (Å²) in [6, 6.07) is 16.7. The lowest BCUT2D eigenvalue weighted by Gasteiger charge is -2.09. The van der Waals surface area contributed by atoms with Crippen molar-refractivity contribution >= 4 is 23.0 Å². The van der Waals surface area contributed by atoms with Crippen LogP contribution in [0.5, 0.6) is 0 Å². The van der Waals surface area contributed by atoms with Crippen LogP contribution in [-0.4, -0.2) is 36.0 Å². The van der Waals surface area contributed by atoms with Crippen LogP contribution in [0, 0.1) is 13.8 Å². The normalized spacial score (nSPS) is 10.9. The number of anilines is 1. The number of aryl methyl sites for hydroxylation is 2. The summed E-state index contributed by atoms with van der Waals surface area (Å²) < 4.78 is 5.36. The molecule has 0 radical (unpaired) electrons. The maximum atomic E-state index is 13.3. The molecular formula is C23H17N7O2. The fourth-order valence-corrected chi connectivity index (χ4v) is 3.35. The van der Waals surface area contributed by atoms with Gasteiger partial charge in [0.05, 0.1) is 22.3 Å². The molecule has 5 aromatic rings. The van der Waals surface area contributed by atoms with Gasteiger partial charge in [0.15, 0.2) is 5.82 Å². The summed E-state index contributed by atoms with van der Waals surface area (Å²) >= 11 is 0. The van der Waals surface area contributed by atoms with E-state index in [9.17, 15) is 4.79 Å². The Kier molecular flexibility index (Phi) is 4.83. The van der Waals surface area contributed by atoms with Crippen molar-refractivity contribution in [2.45, 2.75) is 13.8 Å². The first-order chi connectivity index (χ1) is 15.6. The maximum Gasteiger partial charge on any atom is 0.259 e. The third-order valence-electron chi connectivity index (χ3n) is 4.80. The fourth-order valence-electron chi connectivity index (χ4n) is 3.35. The number of carbonyl (C=O) groups is 1. The quantitative estimate of drug-likeness (QED) is 0.460. The zero-order valence-corrected chi connectivity index (χ0v) is 17.3. The SMILES string of the molecule is Cc1nc(NC(=O)c2cc(-c3ccccc3)nc3onc(C)c23)nc(-c2ccccn2)n1. The number of fused-ring (bicyclic) bond motifs is 1. The minimum atomic E-state index is -0.404. The Morgan fingerprint density at radius 3 is 2.50 bits per heavy atom. The molecule has 0 saturated heterocycles. The molecular weight excluding hydrogens is 406 g/mol. The molecule has 0 atom stereocenters. The third kappa shape index (κ3) is 3.67.